The molecular formula is C15H20N2S2. The fourth-order valence-electron chi connectivity index (χ4n) is 2.78. The van der Waals surface area contributed by atoms with Gasteiger partial charge in [-0.1, -0.05) is 20.8 Å². The van der Waals surface area contributed by atoms with Gasteiger partial charge in [-0.2, -0.15) is 0 Å². The summed E-state index contributed by atoms with van der Waals surface area (Å²) in [5.41, 5.74) is 7.83. The number of nitrogens with zero attached hydrogens (tertiary/aromatic N) is 1. The van der Waals surface area contributed by atoms with Crippen LogP contribution in [0.5, 0.6) is 0 Å². The van der Waals surface area contributed by atoms with Gasteiger partial charge in [0.2, 0.25) is 0 Å². The molecular weight excluding hydrogens is 272 g/mol. The van der Waals surface area contributed by atoms with Crippen molar-refractivity contribution in [2.75, 3.05) is 0 Å². The second-order valence-corrected chi connectivity index (χ2v) is 8.30. The van der Waals surface area contributed by atoms with Crippen LogP contribution in [0.2, 0.25) is 0 Å². The molecule has 0 aromatic carbocycles. The van der Waals surface area contributed by atoms with Crippen molar-refractivity contribution in [2.45, 2.75) is 46.1 Å². The highest BCUT2D eigenvalue weighted by atomic mass is 32.1. The summed E-state index contributed by atoms with van der Waals surface area (Å²) in [4.78, 5) is 8.89. The van der Waals surface area contributed by atoms with Crippen molar-refractivity contribution in [3.63, 3.8) is 0 Å². The average Bonchev–Trinajstić information content (AvgIpc) is 2.92. The van der Waals surface area contributed by atoms with E-state index >= 15 is 0 Å². The Hall–Kier alpha value is -0.710. The van der Waals surface area contributed by atoms with Gasteiger partial charge in [-0.05, 0) is 36.8 Å². The van der Waals surface area contributed by atoms with Gasteiger partial charge in [0.1, 0.15) is 5.01 Å². The van der Waals surface area contributed by atoms with E-state index in [0.717, 1.165) is 24.3 Å². The standard InChI is InChI=1S/C15H20N2S2/c1-4-9-5-6-12(18-9)14-17-11-8-15(2,3)7-10(16)13(11)19-14/h5-6,10H,4,7-8,16H2,1-3H3. The van der Waals surface area contributed by atoms with Crippen molar-refractivity contribution in [3.05, 3.63) is 27.6 Å². The van der Waals surface area contributed by atoms with Gasteiger partial charge in [-0.3, -0.25) is 0 Å². The molecule has 19 heavy (non-hydrogen) atoms. The fourth-order valence-corrected chi connectivity index (χ4v) is 4.87. The van der Waals surface area contributed by atoms with Gasteiger partial charge in [-0.15, -0.1) is 22.7 Å². The number of thiophene rings is 1. The monoisotopic (exact) mass is 292 g/mol. The molecule has 102 valence electrons. The van der Waals surface area contributed by atoms with E-state index in [2.05, 4.69) is 32.9 Å². The molecule has 3 rings (SSSR count). The van der Waals surface area contributed by atoms with Crippen molar-refractivity contribution in [3.8, 4) is 9.88 Å². The molecule has 0 amide bonds. The molecule has 2 nitrogen and oxygen atoms in total. The summed E-state index contributed by atoms with van der Waals surface area (Å²) in [7, 11) is 0. The van der Waals surface area contributed by atoms with Crippen LogP contribution in [-0.2, 0) is 12.8 Å². The van der Waals surface area contributed by atoms with Crippen molar-refractivity contribution in [1.29, 1.82) is 0 Å². The third kappa shape index (κ3) is 2.49. The first-order valence-electron chi connectivity index (χ1n) is 6.83. The lowest BCUT2D eigenvalue weighted by molar-refractivity contribution is 0.282. The van der Waals surface area contributed by atoms with E-state index in [0.29, 0.717) is 0 Å². The van der Waals surface area contributed by atoms with Crippen molar-refractivity contribution < 1.29 is 0 Å². The van der Waals surface area contributed by atoms with E-state index in [9.17, 15) is 0 Å². The maximum atomic E-state index is 6.32. The molecule has 1 atom stereocenters. The summed E-state index contributed by atoms with van der Waals surface area (Å²) in [6.45, 7) is 6.77. The van der Waals surface area contributed by atoms with Crippen LogP contribution in [0, 0.1) is 5.41 Å². The Labute approximate surface area is 122 Å². The van der Waals surface area contributed by atoms with Gasteiger partial charge in [0, 0.05) is 15.8 Å². The third-order valence-electron chi connectivity index (χ3n) is 3.70. The van der Waals surface area contributed by atoms with Crippen LogP contribution in [-0.4, -0.2) is 4.98 Å². The predicted molar refractivity (Wildman–Crippen MR) is 83.8 cm³/mol. The second kappa shape index (κ2) is 4.69. The molecule has 2 aromatic rings. The second-order valence-electron chi connectivity index (χ2n) is 6.10. The molecule has 0 spiro atoms. The molecule has 4 heteroatoms. The maximum Gasteiger partial charge on any atom is 0.133 e. The molecule has 1 unspecified atom stereocenters. The van der Waals surface area contributed by atoms with Crippen LogP contribution >= 0.6 is 22.7 Å². The smallest absolute Gasteiger partial charge is 0.133 e. The number of thiazole rings is 1. The highest BCUT2D eigenvalue weighted by molar-refractivity contribution is 7.21. The Bertz CT molecular complexity index is 595. The summed E-state index contributed by atoms with van der Waals surface area (Å²) in [6, 6.07) is 4.57. The third-order valence-corrected chi connectivity index (χ3v) is 6.33. The van der Waals surface area contributed by atoms with E-state index in [1.165, 1.54) is 20.3 Å². The SMILES string of the molecule is CCc1ccc(-c2nc3c(s2)C(N)CC(C)(C)C3)s1. The highest BCUT2D eigenvalue weighted by Crippen LogP contribution is 2.44. The lowest BCUT2D eigenvalue weighted by atomic mass is 9.77. The predicted octanol–water partition coefficient (Wildman–Crippen LogP) is 4.41. The summed E-state index contributed by atoms with van der Waals surface area (Å²) in [5.74, 6) is 0. The Balaban J connectivity index is 1.98. The van der Waals surface area contributed by atoms with Crippen LogP contribution in [0.4, 0.5) is 0 Å². The largest absolute Gasteiger partial charge is 0.323 e. The molecule has 0 fully saturated rings. The average molecular weight is 292 g/mol. The van der Waals surface area contributed by atoms with E-state index in [1.54, 1.807) is 11.3 Å². The number of hydrogen-bond acceptors (Lipinski definition) is 4. The van der Waals surface area contributed by atoms with Gasteiger partial charge in [0.05, 0.1) is 10.6 Å². The fraction of sp³-hybridized carbons (Fsp3) is 0.533. The van der Waals surface area contributed by atoms with Gasteiger partial charge in [-0.25, -0.2) is 4.98 Å². The van der Waals surface area contributed by atoms with E-state index < -0.39 is 0 Å². The number of nitrogens with two attached hydrogens (primary N) is 1. The molecule has 1 aliphatic carbocycles. The number of rotatable bonds is 2. The Morgan fingerprint density at radius 3 is 2.84 bits per heavy atom. The van der Waals surface area contributed by atoms with Crippen LogP contribution in [0.15, 0.2) is 12.1 Å². The zero-order chi connectivity index (χ0) is 13.6. The van der Waals surface area contributed by atoms with Crippen LogP contribution in [0.1, 0.15) is 48.7 Å². The topological polar surface area (TPSA) is 38.9 Å². The number of hydrogen-bond donors (Lipinski definition) is 1. The number of fused-ring (bicyclic) bond motifs is 1. The maximum absolute atomic E-state index is 6.32. The van der Waals surface area contributed by atoms with Crippen LogP contribution < -0.4 is 5.73 Å². The van der Waals surface area contributed by atoms with Gasteiger partial charge in [0.15, 0.2) is 0 Å². The molecule has 2 N–H and O–H groups in total. The van der Waals surface area contributed by atoms with E-state index in [-0.39, 0.29) is 11.5 Å². The summed E-state index contributed by atoms with van der Waals surface area (Å²) in [5, 5.41) is 1.16. The molecule has 1 aliphatic rings. The molecule has 0 aliphatic heterocycles. The van der Waals surface area contributed by atoms with Gasteiger partial charge in [0.25, 0.3) is 0 Å². The lowest BCUT2D eigenvalue weighted by Crippen LogP contribution is -2.28. The van der Waals surface area contributed by atoms with Gasteiger partial charge >= 0.3 is 0 Å². The molecule has 2 aromatic heterocycles. The normalized spacial score (nSPS) is 21.4. The van der Waals surface area contributed by atoms with Crippen LogP contribution in [0.25, 0.3) is 9.88 Å². The minimum absolute atomic E-state index is 0.163. The Morgan fingerprint density at radius 2 is 2.16 bits per heavy atom. The zero-order valence-electron chi connectivity index (χ0n) is 11.7. The first kappa shape index (κ1) is 13.3. The molecule has 0 radical (unpaired) electrons. The van der Waals surface area contributed by atoms with Gasteiger partial charge < -0.3 is 5.73 Å². The quantitative estimate of drug-likeness (QED) is 0.890. The first-order chi connectivity index (χ1) is 8.98. The van der Waals surface area contributed by atoms with E-state index in [4.69, 9.17) is 10.7 Å². The number of aromatic nitrogens is 1. The summed E-state index contributed by atoms with van der Waals surface area (Å²) >= 11 is 3.65. The minimum Gasteiger partial charge on any atom is -0.323 e. The first-order valence-corrected chi connectivity index (χ1v) is 8.46. The van der Waals surface area contributed by atoms with E-state index in [1.807, 2.05) is 11.3 Å². The highest BCUT2D eigenvalue weighted by Gasteiger charge is 2.33. The zero-order valence-corrected chi connectivity index (χ0v) is 13.3. The Kier molecular flexibility index (Phi) is 3.28. The molecule has 0 saturated carbocycles. The number of aryl methyl sites for hydroxylation is 1. The van der Waals surface area contributed by atoms with Crippen molar-refractivity contribution >= 4 is 22.7 Å². The van der Waals surface area contributed by atoms with Crippen molar-refractivity contribution in [2.24, 2.45) is 11.1 Å². The Morgan fingerprint density at radius 1 is 1.37 bits per heavy atom. The van der Waals surface area contributed by atoms with Crippen molar-refractivity contribution in [1.82, 2.24) is 4.98 Å². The van der Waals surface area contributed by atoms with Crippen LogP contribution in [0.3, 0.4) is 0 Å². The summed E-state index contributed by atoms with van der Waals surface area (Å²) in [6.07, 6.45) is 3.22. The molecule has 2 heterocycles. The minimum atomic E-state index is 0.163. The molecule has 0 bridgehead atoms. The summed E-state index contributed by atoms with van der Waals surface area (Å²) < 4.78 is 0. The molecule has 0 saturated heterocycles. The lowest BCUT2D eigenvalue weighted by Gasteiger charge is -2.32.